The first kappa shape index (κ1) is 17.4. The van der Waals surface area contributed by atoms with Crippen molar-refractivity contribution in [2.45, 2.75) is 51.2 Å². The summed E-state index contributed by atoms with van der Waals surface area (Å²) in [5.74, 6) is -0.887. The average Bonchev–Trinajstić information content (AvgIpc) is 2.73. The Morgan fingerprint density at radius 3 is 2.39 bits per heavy atom. The highest BCUT2D eigenvalue weighted by atomic mass is 19.1. The Hall–Kier alpha value is -1.95. The summed E-state index contributed by atoms with van der Waals surface area (Å²) >= 11 is 0. The molecule has 5 nitrogen and oxygen atoms in total. The number of imide groups is 1. The largest absolute Gasteiger partial charge is 0.386 e. The molecule has 6 heteroatoms. The van der Waals surface area contributed by atoms with Gasteiger partial charge in [-0.2, -0.15) is 0 Å². The first-order valence-corrected chi connectivity index (χ1v) is 8.01. The Morgan fingerprint density at radius 1 is 1.22 bits per heavy atom. The number of halogens is 1. The summed E-state index contributed by atoms with van der Waals surface area (Å²) in [6.07, 6.45) is 1.38. The van der Waals surface area contributed by atoms with E-state index in [0.717, 1.165) is 17.7 Å². The van der Waals surface area contributed by atoms with Crippen LogP contribution < -0.4 is 5.32 Å². The molecular formula is C17H23FN2O3. The average molecular weight is 322 g/mol. The summed E-state index contributed by atoms with van der Waals surface area (Å²) in [7, 11) is 0. The topological polar surface area (TPSA) is 69.6 Å². The number of carbonyl (C=O) groups is 2. The summed E-state index contributed by atoms with van der Waals surface area (Å²) in [4.78, 5) is 25.9. The van der Waals surface area contributed by atoms with Crippen molar-refractivity contribution in [3.63, 3.8) is 0 Å². The molecule has 1 aromatic rings. The van der Waals surface area contributed by atoms with Gasteiger partial charge in [-0.25, -0.2) is 9.18 Å². The fourth-order valence-electron chi connectivity index (χ4n) is 3.18. The van der Waals surface area contributed by atoms with Crippen molar-refractivity contribution in [2.75, 3.05) is 6.54 Å². The minimum Gasteiger partial charge on any atom is -0.386 e. The third kappa shape index (κ3) is 3.37. The maximum atomic E-state index is 13.7. The molecule has 0 aliphatic carbocycles. The second-order valence-corrected chi connectivity index (χ2v) is 5.97. The van der Waals surface area contributed by atoms with Crippen molar-refractivity contribution in [3.8, 4) is 0 Å². The van der Waals surface area contributed by atoms with Gasteiger partial charge in [-0.05, 0) is 18.9 Å². The summed E-state index contributed by atoms with van der Waals surface area (Å²) in [5.41, 5.74) is -0.813. The second-order valence-electron chi connectivity index (χ2n) is 5.97. The van der Waals surface area contributed by atoms with Gasteiger partial charge in [-0.15, -0.1) is 0 Å². The molecule has 0 radical (unpaired) electrons. The Balaban J connectivity index is 2.18. The molecule has 1 aliphatic heterocycles. The van der Waals surface area contributed by atoms with Gasteiger partial charge in [0.05, 0.1) is 12.6 Å². The predicted molar refractivity (Wildman–Crippen MR) is 84.2 cm³/mol. The van der Waals surface area contributed by atoms with Crippen LogP contribution >= 0.6 is 0 Å². The molecule has 1 heterocycles. The van der Waals surface area contributed by atoms with Gasteiger partial charge in [0.2, 0.25) is 0 Å². The highest BCUT2D eigenvalue weighted by Gasteiger charge is 2.50. The zero-order chi connectivity index (χ0) is 17.0. The number of hydrogen-bond donors (Lipinski definition) is 2. The lowest BCUT2D eigenvalue weighted by Crippen LogP contribution is -2.47. The van der Waals surface area contributed by atoms with E-state index in [0.29, 0.717) is 12.8 Å². The van der Waals surface area contributed by atoms with E-state index >= 15 is 0 Å². The van der Waals surface area contributed by atoms with Crippen LogP contribution in [0.2, 0.25) is 0 Å². The van der Waals surface area contributed by atoms with Crippen molar-refractivity contribution in [1.29, 1.82) is 0 Å². The maximum absolute atomic E-state index is 13.7. The highest BCUT2D eigenvalue weighted by molar-refractivity contribution is 6.07. The van der Waals surface area contributed by atoms with E-state index in [4.69, 9.17) is 0 Å². The van der Waals surface area contributed by atoms with Crippen LogP contribution in [0.25, 0.3) is 0 Å². The Labute approximate surface area is 135 Å². The molecule has 1 saturated heterocycles. The van der Waals surface area contributed by atoms with E-state index in [-0.39, 0.29) is 18.0 Å². The Bertz CT molecular complexity index is 585. The van der Waals surface area contributed by atoms with E-state index in [2.05, 4.69) is 5.32 Å². The standard InChI is InChI=1S/C17H23FN2O3/c1-3-9-17(10-4-2)15(22)20(16(23)19-17)11-14(21)12-7-5-6-8-13(12)18/h5-8,14,21H,3-4,9-11H2,1-2H3,(H,19,23)/t14-/m1/s1. The first-order valence-electron chi connectivity index (χ1n) is 8.01. The molecule has 2 rings (SSSR count). The van der Waals surface area contributed by atoms with Crippen molar-refractivity contribution in [2.24, 2.45) is 0 Å². The van der Waals surface area contributed by atoms with Gasteiger partial charge in [-0.1, -0.05) is 44.9 Å². The minimum atomic E-state index is -1.25. The molecule has 126 valence electrons. The number of aliphatic hydroxyl groups is 1. The molecule has 1 atom stereocenters. The number of amides is 3. The van der Waals surface area contributed by atoms with E-state index in [1.54, 1.807) is 6.07 Å². The lowest BCUT2D eigenvalue weighted by Gasteiger charge is -2.26. The highest BCUT2D eigenvalue weighted by Crippen LogP contribution is 2.29. The molecule has 0 aromatic heterocycles. The molecule has 23 heavy (non-hydrogen) atoms. The molecule has 1 fully saturated rings. The van der Waals surface area contributed by atoms with E-state index in [1.807, 2.05) is 13.8 Å². The molecule has 0 unspecified atom stereocenters. The quantitative estimate of drug-likeness (QED) is 0.758. The fourth-order valence-corrected chi connectivity index (χ4v) is 3.18. The normalized spacial score (nSPS) is 18.2. The van der Waals surface area contributed by atoms with Gasteiger partial charge >= 0.3 is 6.03 Å². The number of benzene rings is 1. The van der Waals surface area contributed by atoms with Gasteiger partial charge < -0.3 is 10.4 Å². The number of β-amino-alcohol motifs (C(OH)–C–C–N with tert-alkyl or cyclic N) is 1. The van der Waals surface area contributed by atoms with Crippen LogP contribution in [0, 0.1) is 5.82 Å². The van der Waals surface area contributed by atoms with Crippen molar-refractivity contribution in [3.05, 3.63) is 35.6 Å². The molecule has 0 spiro atoms. The molecular weight excluding hydrogens is 299 g/mol. The second kappa shape index (κ2) is 7.08. The first-order chi connectivity index (χ1) is 10.9. The summed E-state index contributed by atoms with van der Waals surface area (Å²) in [6, 6.07) is 5.29. The molecule has 0 saturated carbocycles. The van der Waals surface area contributed by atoms with Crippen LogP contribution in [-0.4, -0.2) is 34.0 Å². The van der Waals surface area contributed by atoms with Crippen LogP contribution in [0.15, 0.2) is 24.3 Å². The van der Waals surface area contributed by atoms with Gasteiger partial charge in [0.1, 0.15) is 11.4 Å². The number of nitrogens with one attached hydrogen (secondary N) is 1. The van der Waals surface area contributed by atoms with E-state index in [9.17, 15) is 19.1 Å². The van der Waals surface area contributed by atoms with Gasteiger partial charge in [0, 0.05) is 5.56 Å². The minimum absolute atomic E-state index is 0.0802. The third-order valence-electron chi connectivity index (χ3n) is 4.22. The van der Waals surface area contributed by atoms with Crippen LogP contribution in [-0.2, 0) is 4.79 Å². The lowest BCUT2D eigenvalue weighted by molar-refractivity contribution is -0.132. The lowest BCUT2D eigenvalue weighted by atomic mass is 9.88. The number of urea groups is 1. The van der Waals surface area contributed by atoms with Crippen LogP contribution in [0.1, 0.15) is 51.2 Å². The van der Waals surface area contributed by atoms with Gasteiger partial charge in [-0.3, -0.25) is 9.69 Å². The number of hydrogen-bond acceptors (Lipinski definition) is 3. The number of aliphatic hydroxyl groups excluding tert-OH is 1. The summed E-state index contributed by atoms with van der Waals surface area (Å²) in [5, 5.41) is 13.0. The van der Waals surface area contributed by atoms with E-state index < -0.39 is 23.5 Å². The van der Waals surface area contributed by atoms with Crippen molar-refractivity contribution in [1.82, 2.24) is 10.2 Å². The molecule has 1 aliphatic rings. The SMILES string of the molecule is CCCC1(CCC)NC(=O)N(C[C@@H](O)c2ccccc2F)C1=O. The number of rotatable bonds is 7. The molecule has 1 aromatic carbocycles. The summed E-state index contributed by atoms with van der Waals surface area (Å²) in [6.45, 7) is 3.65. The Kier molecular flexibility index (Phi) is 5.36. The smallest absolute Gasteiger partial charge is 0.325 e. The maximum Gasteiger partial charge on any atom is 0.325 e. The van der Waals surface area contributed by atoms with Crippen LogP contribution in [0.4, 0.5) is 9.18 Å². The van der Waals surface area contributed by atoms with Gasteiger partial charge in [0.15, 0.2) is 0 Å². The van der Waals surface area contributed by atoms with Crippen LogP contribution in [0.3, 0.4) is 0 Å². The van der Waals surface area contributed by atoms with Crippen molar-refractivity contribution < 1.29 is 19.1 Å². The zero-order valence-electron chi connectivity index (χ0n) is 13.5. The summed E-state index contributed by atoms with van der Waals surface area (Å²) < 4.78 is 13.7. The molecule has 2 N–H and O–H groups in total. The number of carbonyl (C=O) groups excluding carboxylic acids is 2. The zero-order valence-corrected chi connectivity index (χ0v) is 13.5. The van der Waals surface area contributed by atoms with Gasteiger partial charge in [0.25, 0.3) is 5.91 Å². The van der Waals surface area contributed by atoms with E-state index in [1.165, 1.54) is 18.2 Å². The molecule has 0 bridgehead atoms. The number of nitrogens with zero attached hydrogens (tertiary/aromatic N) is 1. The third-order valence-corrected chi connectivity index (χ3v) is 4.22. The monoisotopic (exact) mass is 322 g/mol. The van der Waals surface area contributed by atoms with Crippen molar-refractivity contribution >= 4 is 11.9 Å². The molecule has 3 amide bonds. The fraction of sp³-hybridized carbons (Fsp3) is 0.529. The van der Waals surface area contributed by atoms with Crippen LogP contribution in [0.5, 0.6) is 0 Å². The Morgan fingerprint density at radius 2 is 1.83 bits per heavy atom. The predicted octanol–water partition coefficient (Wildman–Crippen LogP) is 2.75.